The topological polar surface area (TPSA) is 0 Å². The van der Waals surface area contributed by atoms with Gasteiger partial charge in [0, 0.05) is 76.5 Å². The minimum Gasteiger partial charge on any atom is -0.296 e. The van der Waals surface area contributed by atoms with Gasteiger partial charge in [-0.05, 0) is 49.1 Å². The van der Waals surface area contributed by atoms with E-state index < -0.39 is 0 Å². The summed E-state index contributed by atoms with van der Waals surface area (Å²) in [5.74, 6) is 11.9. The third-order valence-electron chi connectivity index (χ3n) is 4.92. The van der Waals surface area contributed by atoms with Gasteiger partial charge in [-0.2, -0.15) is 31.5 Å². The van der Waals surface area contributed by atoms with Crippen molar-refractivity contribution in [2.45, 2.75) is 129 Å². The van der Waals surface area contributed by atoms with E-state index in [9.17, 15) is 0 Å². The Bertz CT molecular complexity index is 1020. The summed E-state index contributed by atoms with van der Waals surface area (Å²) in [5.41, 5.74) is 6.88. The molecule has 248 valence electrons. The zero-order valence-electron chi connectivity index (χ0n) is 32.0. The molecule has 0 N–H and O–H groups in total. The number of hydrogen-bond donors (Lipinski definition) is 0. The van der Waals surface area contributed by atoms with Crippen LogP contribution in [0.1, 0.15) is 150 Å². The van der Waals surface area contributed by atoms with E-state index in [-0.39, 0.29) is 65.4 Å². The zero-order chi connectivity index (χ0) is 34.3. The molecule has 3 rings (SSSR count). The van der Waals surface area contributed by atoms with Crippen LogP contribution in [0, 0.1) is 37.5 Å². The molecule has 2 heteroatoms. The fourth-order valence-electron chi connectivity index (χ4n) is 2.99. The molecule has 0 bridgehead atoms. The van der Waals surface area contributed by atoms with Crippen molar-refractivity contribution in [2.75, 3.05) is 0 Å². The summed E-state index contributed by atoms with van der Waals surface area (Å²) in [6.45, 7) is 35.7. The minimum atomic E-state index is 0. The zero-order valence-corrected chi connectivity index (χ0v) is 37.7. The van der Waals surface area contributed by atoms with E-state index in [4.69, 9.17) is 0 Å². The van der Waals surface area contributed by atoms with Gasteiger partial charge in [0.2, 0.25) is 0 Å². The molecule has 0 unspecified atom stereocenters. The standard InChI is InChI=1S/C19H15.C12H17.6C2H6.2Y/c1-3-5-17-10-12-19(13-11-17)15-14-18-8-6-16(4-2)7-9-18;1-3-4-5-6-12-9-7-11(2)8-10-12;6*1-2;;/h6-13H,1,4H2,2H3;7-10H,2-6H2,1H3;6*1-2H3;;/q2*-1;;;;;;;;. The minimum absolute atomic E-state index is 0. The second-order valence-corrected chi connectivity index (χ2v) is 7.45. The monoisotopic (exact) mass is 762 g/mol. The molecule has 0 saturated heterocycles. The van der Waals surface area contributed by atoms with Crippen molar-refractivity contribution >= 4 is 0 Å². The van der Waals surface area contributed by atoms with Gasteiger partial charge >= 0.3 is 0 Å². The third kappa shape index (κ3) is 37.1. The van der Waals surface area contributed by atoms with Crippen LogP contribution in [-0.2, 0) is 78.3 Å². The van der Waals surface area contributed by atoms with Crippen molar-refractivity contribution in [1.29, 1.82) is 0 Å². The van der Waals surface area contributed by atoms with E-state index in [0.29, 0.717) is 0 Å². The van der Waals surface area contributed by atoms with E-state index in [1.54, 1.807) is 0 Å². The molecular weight excluding hydrogens is 694 g/mol. The third-order valence-corrected chi connectivity index (χ3v) is 4.92. The molecule has 0 aliphatic carbocycles. The molecule has 0 aliphatic rings. The van der Waals surface area contributed by atoms with Gasteiger partial charge < -0.3 is 0 Å². The molecule has 0 saturated carbocycles. The molecule has 0 aromatic heterocycles. The van der Waals surface area contributed by atoms with Crippen LogP contribution in [0.5, 0.6) is 0 Å². The Hall–Kier alpha value is -1.27. The molecule has 0 nitrogen and oxygen atoms in total. The Morgan fingerprint density at radius 3 is 1.13 bits per heavy atom. The Labute approximate surface area is 334 Å². The molecule has 0 fully saturated rings. The van der Waals surface area contributed by atoms with Crippen LogP contribution in [0.3, 0.4) is 0 Å². The van der Waals surface area contributed by atoms with E-state index in [2.05, 4.69) is 99.9 Å². The SMILES string of the molecule is CC.CC.CC.CC.CC.CC.[CH2-]C#Cc1ccc(C#Cc2ccc(CC)cc2)cc1.[CH2-]c1ccc(CCCCC)cc1.[Y].[Y]. The van der Waals surface area contributed by atoms with Crippen LogP contribution in [-0.4, -0.2) is 0 Å². The summed E-state index contributed by atoms with van der Waals surface area (Å²) in [6.07, 6.45) is 6.23. The van der Waals surface area contributed by atoms with Crippen molar-refractivity contribution < 1.29 is 65.4 Å². The maximum atomic E-state index is 3.86. The van der Waals surface area contributed by atoms with Gasteiger partial charge in [0.15, 0.2) is 0 Å². The van der Waals surface area contributed by atoms with Crippen molar-refractivity contribution in [3.63, 3.8) is 0 Å². The summed E-state index contributed by atoms with van der Waals surface area (Å²) in [7, 11) is 0. The Kier molecular flexibility index (Phi) is 68.7. The van der Waals surface area contributed by atoms with E-state index in [1.807, 2.05) is 107 Å². The fourth-order valence-corrected chi connectivity index (χ4v) is 2.99. The van der Waals surface area contributed by atoms with Gasteiger partial charge in [0.05, 0.1) is 0 Å². The van der Waals surface area contributed by atoms with Crippen molar-refractivity contribution in [1.82, 2.24) is 0 Å². The average molecular weight is 763 g/mol. The molecule has 0 heterocycles. The van der Waals surface area contributed by atoms with Gasteiger partial charge in [-0.1, -0.05) is 157 Å². The number of hydrogen-bond acceptors (Lipinski definition) is 0. The van der Waals surface area contributed by atoms with Gasteiger partial charge in [-0.15, -0.1) is 12.1 Å². The summed E-state index contributed by atoms with van der Waals surface area (Å²) in [6, 6.07) is 24.8. The quantitative estimate of drug-likeness (QED) is 0.138. The van der Waals surface area contributed by atoms with Crippen LogP contribution < -0.4 is 0 Å². The van der Waals surface area contributed by atoms with E-state index in [1.165, 1.54) is 36.8 Å². The molecule has 0 spiro atoms. The van der Waals surface area contributed by atoms with Crippen molar-refractivity contribution in [3.05, 3.63) is 120 Å². The first-order valence-corrected chi connectivity index (χ1v) is 17.0. The van der Waals surface area contributed by atoms with Crippen LogP contribution in [0.25, 0.3) is 0 Å². The predicted molar refractivity (Wildman–Crippen MR) is 203 cm³/mol. The predicted octanol–water partition coefficient (Wildman–Crippen LogP) is 13.6. The van der Waals surface area contributed by atoms with Crippen LogP contribution in [0.2, 0.25) is 0 Å². The largest absolute Gasteiger partial charge is 0.296 e. The molecule has 3 aromatic rings. The summed E-state index contributed by atoms with van der Waals surface area (Å²) in [5, 5.41) is 0. The first-order valence-electron chi connectivity index (χ1n) is 17.0. The molecule has 45 heavy (non-hydrogen) atoms. The molecule has 3 aromatic carbocycles. The van der Waals surface area contributed by atoms with Crippen molar-refractivity contribution in [2.24, 2.45) is 0 Å². The first kappa shape index (κ1) is 59.2. The summed E-state index contributed by atoms with van der Waals surface area (Å²) >= 11 is 0. The normalized spacial score (nSPS) is 7.24. The van der Waals surface area contributed by atoms with Crippen LogP contribution in [0.15, 0.2) is 72.8 Å². The Balaban J connectivity index is -0.0000000967. The number of aryl methyl sites for hydroxylation is 2. The van der Waals surface area contributed by atoms with E-state index >= 15 is 0 Å². The average Bonchev–Trinajstić information content (AvgIpc) is 3.11. The fraction of sp³-hybridized carbons (Fsp3) is 0.442. The molecule has 0 amide bonds. The summed E-state index contributed by atoms with van der Waals surface area (Å²) in [4.78, 5) is 0. The first-order chi connectivity index (χ1) is 21.1. The Morgan fingerprint density at radius 1 is 0.467 bits per heavy atom. The maximum Gasteiger partial charge on any atom is 0.0249 e. The van der Waals surface area contributed by atoms with Gasteiger partial charge in [0.1, 0.15) is 0 Å². The van der Waals surface area contributed by atoms with Crippen LogP contribution >= 0.6 is 0 Å². The van der Waals surface area contributed by atoms with Crippen molar-refractivity contribution in [3.8, 4) is 23.7 Å². The van der Waals surface area contributed by atoms with E-state index in [0.717, 1.165) is 28.7 Å². The molecule has 0 aliphatic heterocycles. The molecular formula is C43H68Y2-2. The number of rotatable bonds is 5. The van der Waals surface area contributed by atoms with Crippen LogP contribution in [0.4, 0.5) is 0 Å². The maximum absolute atomic E-state index is 3.86. The van der Waals surface area contributed by atoms with Gasteiger partial charge in [0.25, 0.3) is 0 Å². The van der Waals surface area contributed by atoms with Gasteiger partial charge in [-0.3, -0.25) is 11.8 Å². The Morgan fingerprint density at radius 2 is 0.800 bits per heavy atom. The summed E-state index contributed by atoms with van der Waals surface area (Å²) < 4.78 is 0. The number of benzene rings is 3. The second-order valence-electron chi connectivity index (χ2n) is 7.45. The smallest absolute Gasteiger partial charge is 0.0249 e. The van der Waals surface area contributed by atoms with Gasteiger partial charge in [-0.25, -0.2) is 0 Å². The molecule has 0 atom stereocenters. The molecule has 2 radical (unpaired) electrons. The second kappa shape index (κ2) is 52.3. The number of unbranched alkanes of at least 4 members (excludes halogenated alkanes) is 2.